The van der Waals surface area contributed by atoms with Crippen molar-refractivity contribution in [1.29, 1.82) is 0 Å². The summed E-state index contributed by atoms with van der Waals surface area (Å²) in [6.45, 7) is 4.06. The summed E-state index contributed by atoms with van der Waals surface area (Å²) in [6, 6.07) is 8.05. The Balaban J connectivity index is 1.97. The highest BCUT2D eigenvalue weighted by atomic mass is 32.2. The third kappa shape index (κ3) is 3.57. The lowest BCUT2D eigenvalue weighted by atomic mass is 10.2. The molecule has 1 heterocycles. The number of ether oxygens (including phenoxy) is 1. The first kappa shape index (κ1) is 13.6. The molecule has 0 bridgehead atoms. The normalized spacial score (nSPS) is 10.4. The van der Waals surface area contributed by atoms with E-state index in [4.69, 9.17) is 9.26 Å². The van der Waals surface area contributed by atoms with E-state index in [-0.39, 0.29) is 12.5 Å². The Kier molecular flexibility index (Phi) is 4.57. The third-order valence-electron chi connectivity index (χ3n) is 2.37. The van der Waals surface area contributed by atoms with Gasteiger partial charge in [-0.25, -0.2) is 4.79 Å². The monoisotopic (exact) mass is 278 g/mol. The summed E-state index contributed by atoms with van der Waals surface area (Å²) in [5.74, 6) is 0.356. The molecule has 0 radical (unpaired) electrons. The number of aryl methyl sites for hydroxylation is 1. The fourth-order valence-electron chi connectivity index (χ4n) is 1.45. The molecule has 5 nitrogen and oxygen atoms in total. The predicted octanol–water partition coefficient (Wildman–Crippen LogP) is 2.85. The van der Waals surface area contributed by atoms with E-state index in [0.29, 0.717) is 11.6 Å². The molecule has 0 unspecified atom stereocenters. The quantitative estimate of drug-likeness (QED) is 0.619. The highest BCUT2D eigenvalue weighted by Crippen LogP contribution is 2.24. The molecular formula is C13H14N2O3S. The van der Waals surface area contributed by atoms with Crippen molar-refractivity contribution in [2.24, 2.45) is 0 Å². The molecule has 100 valence electrons. The third-order valence-corrected chi connectivity index (χ3v) is 3.54. The lowest BCUT2D eigenvalue weighted by Crippen LogP contribution is -2.04. The van der Waals surface area contributed by atoms with Crippen molar-refractivity contribution in [2.45, 2.75) is 24.5 Å². The summed E-state index contributed by atoms with van der Waals surface area (Å²) in [6.07, 6.45) is 0. The van der Waals surface area contributed by atoms with E-state index in [9.17, 15) is 4.79 Å². The fourth-order valence-corrected chi connectivity index (χ4v) is 2.32. The van der Waals surface area contributed by atoms with Crippen molar-refractivity contribution >= 4 is 17.7 Å². The molecule has 0 spiro atoms. The van der Waals surface area contributed by atoms with Crippen LogP contribution in [0.15, 0.2) is 33.7 Å². The molecule has 0 saturated heterocycles. The summed E-state index contributed by atoms with van der Waals surface area (Å²) in [5, 5.41) is 3.76. The van der Waals surface area contributed by atoms with Gasteiger partial charge in [0, 0.05) is 4.90 Å². The molecule has 0 aliphatic heterocycles. The number of benzene rings is 1. The molecule has 0 N–H and O–H groups in total. The lowest BCUT2D eigenvalue weighted by molar-refractivity contribution is 0.0470. The van der Waals surface area contributed by atoms with Gasteiger partial charge in [-0.1, -0.05) is 23.4 Å². The number of thioether (sulfide) groups is 1. The maximum Gasteiger partial charge on any atom is 0.397 e. The van der Waals surface area contributed by atoms with Crippen LogP contribution in [-0.2, 0) is 10.5 Å². The van der Waals surface area contributed by atoms with Crippen LogP contribution in [0.25, 0.3) is 0 Å². The Hall–Kier alpha value is -1.82. The number of carbonyl (C=O) groups excluding carboxylic acids is 1. The molecule has 0 amide bonds. The summed E-state index contributed by atoms with van der Waals surface area (Å²) in [5.41, 5.74) is 1.20. The molecule has 0 atom stereocenters. The Morgan fingerprint density at radius 3 is 2.95 bits per heavy atom. The average Bonchev–Trinajstić information content (AvgIpc) is 2.87. The van der Waals surface area contributed by atoms with Crippen LogP contribution in [0.4, 0.5) is 0 Å². The highest BCUT2D eigenvalue weighted by molar-refractivity contribution is 7.98. The van der Waals surface area contributed by atoms with Crippen LogP contribution >= 0.6 is 11.8 Å². The van der Waals surface area contributed by atoms with Gasteiger partial charge in [0.15, 0.2) is 5.82 Å². The van der Waals surface area contributed by atoms with Gasteiger partial charge in [0.05, 0.1) is 12.4 Å². The minimum atomic E-state index is -0.581. The molecule has 2 rings (SSSR count). The lowest BCUT2D eigenvalue weighted by Gasteiger charge is -2.01. The summed E-state index contributed by atoms with van der Waals surface area (Å²) < 4.78 is 9.63. The Labute approximate surface area is 115 Å². The van der Waals surface area contributed by atoms with Crippen molar-refractivity contribution in [3.8, 4) is 0 Å². The molecule has 1 aromatic carbocycles. The summed E-state index contributed by atoms with van der Waals surface area (Å²) in [7, 11) is 0. The van der Waals surface area contributed by atoms with Crippen LogP contribution in [0.2, 0.25) is 0 Å². The largest absolute Gasteiger partial charge is 0.459 e. The molecule has 1 aromatic heterocycles. The van der Waals surface area contributed by atoms with Crippen LogP contribution in [0.3, 0.4) is 0 Å². The van der Waals surface area contributed by atoms with E-state index in [1.54, 1.807) is 18.7 Å². The van der Waals surface area contributed by atoms with Crippen molar-refractivity contribution < 1.29 is 14.1 Å². The maximum atomic E-state index is 11.4. The first-order chi connectivity index (χ1) is 9.20. The first-order valence-electron chi connectivity index (χ1n) is 5.89. The standard InChI is InChI=1S/C13H14N2O3S/c1-3-17-13(16)12-14-11(15-18-12)8-19-10-7-5-4-6-9(10)2/h4-7H,3,8H2,1-2H3. The second kappa shape index (κ2) is 6.38. The van der Waals surface area contributed by atoms with Gasteiger partial charge in [-0.05, 0) is 25.5 Å². The van der Waals surface area contributed by atoms with Crippen molar-refractivity contribution in [3.63, 3.8) is 0 Å². The van der Waals surface area contributed by atoms with Gasteiger partial charge in [0.2, 0.25) is 0 Å². The fraction of sp³-hybridized carbons (Fsp3) is 0.308. The predicted molar refractivity (Wildman–Crippen MR) is 71.0 cm³/mol. The van der Waals surface area contributed by atoms with E-state index in [1.807, 2.05) is 31.2 Å². The van der Waals surface area contributed by atoms with Crippen LogP contribution in [0.5, 0.6) is 0 Å². The van der Waals surface area contributed by atoms with E-state index in [0.717, 1.165) is 4.90 Å². The minimum Gasteiger partial charge on any atom is -0.459 e. The van der Waals surface area contributed by atoms with Gasteiger partial charge in [0.25, 0.3) is 0 Å². The molecule has 19 heavy (non-hydrogen) atoms. The second-order valence-electron chi connectivity index (χ2n) is 3.79. The molecule has 0 fully saturated rings. The van der Waals surface area contributed by atoms with E-state index >= 15 is 0 Å². The smallest absolute Gasteiger partial charge is 0.397 e. The Bertz CT molecular complexity index is 569. The van der Waals surface area contributed by atoms with Crippen LogP contribution in [-0.4, -0.2) is 22.7 Å². The van der Waals surface area contributed by atoms with E-state index in [1.165, 1.54) is 5.56 Å². The molecule has 0 aliphatic carbocycles. The van der Waals surface area contributed by atoms with Crippen molar-refractivity contribution in [3.05, 3.63) is 41.5 Å². The van der Waals surface area contributed by atoms with Crippen LogP contribution in [0.1, 0.15) is 29.0 Å². The Morgan fingerprint density at radius 2 is 2.21 bits per heavy atom. The SMILES string of the molecule is CCOC(=O)c1nc(CSc2ccccc2C)no1. The number of hydrogen-bond donors (Lipinski definition) is 0. The van der Waals surface area contributed by atoms with Gasteiger partial charge in [-0.15, -0.1) is 11.8 Å². The second-order valence-corrected chi connectivity index (χ2v) is 4.81. The van der Waals surface area contributed by atoms with Crippen molar-refractivity contribution in [2.75, 3.05) is 6.61 Å². The van der Waals surface area contributed by atoms with Crippen LogP contribution < -0.4 is 0 Å². The molecular weight excluding hydrogens is 264 g/mol. The van der Waals surface area contributed by atoms with Gasteiger partial charge in [0.1, 0.15) is 0 Å². The van der Waals surface area contributed by atoms with E-state index in [2.05, 4.69) is 10.1 Å². The maximum absolute atomic E-state index is 11.4. The zero-order valence-electron chi connectivity index (χ0n) is 10.8. The summed E-state index contributed by atoms with van der Waals surface area (Å²) in [4.78, 5) is 16.5. The number of aromatic nitrogens is 2. The number of hydrogen-bond acceptors (Lipinski definition) is 6. The minimum absolute atomic E-state index is 0.0952. The average molecular weight is 278 g/mol. The Morgan fingerprint density at radius 1 is 1.42 bits per heavy atom. The number of carbonyl (C=O) groups is 1. The molecule has 6 heteroatoms. The number of rotatable bonds is 5. The molecule has 0 aliphatic rings. The molecule has 0 saturated carbocycles. The topological polar surface area (TPSA) is 65.2 Å². The summed E-state index contributed by atoms with van der Waals surface area (Å²) >= 11 is 1.60. The van der Waals surface area contributed by atoms with Gasteiger partial charge < -0.3 is 9.26 Å². The van der Waals surface area contributed by atoms with Gasteiger partial charge in [-0.2, -0.15) is 4.98 Å². The van der Waals surface area contributed by atoms with Crippen molar-refractivity contribution in [1.82, 2.24) is 10.1 Å². The van der Waals surface area contributed by atoms with Crippen LogP contribution in [0, 0.1) is 6.92 Å². The zero-order chi connectivity index (χ0) is 13.7. The zero-order valence-corrected chi connectivity index (χ0v) is 11.6. The molecule has 2 aromatic rings. The first-order valence-corrected chi connectivity index (χ1v) is 6.87. The van der Waals surface area contributed by atoms with E-state index < -0.39 is 5.97 Å². The number of nitrogens with zero attached hydrogens (tertiary/aromatic N) is 2. The van der Waals surface area contributed by atoms with Gasteiger partial charge in [-0.3, -0.25) is 0 Å². The number of esters is 1. The van der Waals surface area contributed by atoms with Gasteiger partial charge >= 0.3 is 11.9 Å². The highest BCUT2D eigenvalue weighted by Gasteiger charge is 2.16.